The number of nitrogens with two attached hydrogens (primary N) is 2. The lowest BCUT2D eigenvalue weighted by Gasteiger charge is -2.37. The number of halogens is 1. The van der Waals surface area contributed by atoms with Crippen LogP contribution in [-0.2, 0) is 29.1 Å². The predicted octanol–water partition coefficient (Wildman–Crippen LogP) is 1.77. The molecule has 3 aliphatic rings. The molecule has 4 amide bonds. The molecule has 40 heavy (non-hydrogen) atoms. The Labute approximate surface area is 238 Å². The fourth-order valence-corrected chi connectivity index (χ4v) is 7.71. The van der Waals surface area contributed by atoms with Gasteiger partial charge in [0.25, 0.3) is 27.7 Å². The number of amides is 4. The highest BCUT2D eigenvalue weighted by atomic mass is 35.5. The summed E-state index contributed by atoms with van der Waals surface area (Å²) in [5.74, 6) is -3.46. The predicted molar refractivity (Wildman–Crippen MR) is 147 cm³/mol. The first-order valence-electron chi connectivity index (χ1n) is 13.2. The number of carbonyl (C=O) groups excluding carboxylic acids is 4. The molecule has 5 N–H and O–H groups in total. The molecule has 0 spiro atoms. The van der Waals surface area contributed by atoms with Crippen LogP contribution in [0.5, 0.6) is 0 Å². The van der Waals surface area contributed by atoms with E-state index in [1.165, 1.54) is 7.05 Å². The van der Waals surface area contributed by atoms with Gasteiger partial charge in [0, 0.05) is 24.5 Å². The smallest absolute Gasteiger partial charge is 0.405 e. The Hall–Kier alpha value is -3.32. The molecule has 4 atom stereocenters. The van der Waals surface area contributed by atoms with E-state index in [1.54, 1.807) is 30.3 Å². The van der Waals surface area contributed by atoms with Gasteiger partial charge < -0.3 is 26.4 Å². The molecule has 2 heterocycles. The normalized spacial score (nSPS) is 30.1. The van der Waals surface area contributed by atoms with Crippen LogP contribution in [0.1, 0.15) is 51.4 Å². The minimum atomic E-state index is -4.25. The quantitative estimate of drug-likeness (QED) is 0.342. The van der Waals surface area contributed by atoms with Crippen molar-refractivity contribution in [2.24, 2.45) is 17.4 Å². The molecular weight excluding hydrogens is 562 g/mol. The van der Waals surface area contributed by atoms with Crippen molar-refractivity contribution < 1.29 is 32.3 Å². The Morgan fingerprint density at radius 3 is 2.48 bits per heavy atom. The summed E-state index contributed by atoms with van der Waals surface area (Å²) in [6.45, 7) is -0.0123. The standard InChI is InChI=1S/C26H34ClN5O7S/c1-31(19-12-10-18(27)11-13-19)40(37,38)26-16-17(26)8-5-3-2-4-6-9-20(39-24(29)36)21(33)32-15-7-14-25(32,22(28)34)23(35)30-26/h5,8,10-13,17,20H,2-4,6-7,9,14-16H2,1H3,(H2,28,34)(H2,29,36)(H,30,35)/b8-5-. The topological polar surface area (TPSA) is 182 Å². The van der Waals surface area contributed by atoms with Gasteiger partial charge in [0.2, 0.25) is 5.54 Å². The molecule has 218 valence electrons. The van der Waals surface area contributed by atoms with Gasteiger partial charge in [-0.3, -0.25) is 18.7 Å². The highest BCUT2D eigenvalue weighted by molar-refractivity contribution is 7.94. The number of benzene rings is 1. The van der Waals surface area contributed by atoms with Gasteiger partial charge in [-0.2, -0.15) is 0 Å². The van der Waals surface area contributed by atoms with Crippen molar-refractivity contribution in [1.29, 1.82) is 0 Å². The maximum atomic E-state index is 14.1. The molecule has 1 aromatic rings. The summed E-state index contributed by atoms with van der Waals surface area (Å²) in [5.41, 5.74) is 9.13. The summed E-state index contributed by atoms with van der Waals surface area (Å²) < 4.78 is 34.3. The highest BCUT2D eigenvalue weighted by Gasteiger charge is 2.68. The highest BCUT2D eigenvalue weighted by Crippen LogP contribution is 2.51. The number of carbonyl (C=O) groups is 4. The van der Waals surface area contributed by atoms with Gasteiger partial charge in [-0.1, -0.05) is 30.2 Å². The number of ether oxygens (including phenoxy) is 1. The Morgan fingerprint density at radius 1 is 1.12 bits per heavy atom. The third-order valence-electron chi connectivity index (χ3n) is 7.97. The number of primary amides is 2. The van der Waals surface area contributed by atoms with E-state index in [-0.39, 0.29) is 32.2 Å². The molecule has 4 unspecified atom stereocenters. The summed E-state index contributed by atoms with van der Waals surface area (Å²) in [6.07, 6.45) is 4.09. The summed E-state index contributed by atoms with van der Waals surface area (Å²) in [4.78, 5) is 51.4. The van der Waals surface area contributed by atoms with E-state index >= 15 is 0 Å². The first-order valence-corrected chi connectivity index (χ1v) is 15.0. The fourth-order valence-electron chi connectivity index (χ4n) is 5.62. The van der Waals surface area contributed by atoms with E-state index in [9.17, 15) is 27.6 Å². The van der Waals surface area contributed by atoms with Crippen LogP contribution in [0.3, 0.4) is 0 Å². The number of hydrogen-bond acceptors (Lipinski definition) is 7. The lowest BCUT2D eigenvalue weighted by Crippen LogP contribution is -2.68. The van der Waals surface area contributed by atoms with Crippen molar-refractivity contribution in [3.05, 3.63) is 41.4 Å². The van der Waals surface area contributed by atoms with Crippen molar-refractivity contribution >= 4 is 51.1 Å². The van der Waals surface area contributed by atoms with Crippen LogP contribution in [0.4, 0.5) is 10.5 Å². The largest absolute Gasteiger partial charge is 0.436 e. The second kappa shape index (κ2) is 11.3. The summed E-state index contributed by atoms with van der Waals surface area (Å²) in [6, 6.07) is 6.18. The third-order valence-corrected chi connectivity index (χ3v) is 10.6. The van der Waals surface area contributed by atoms with E-state index in [1.807, 2.05) is 6.08 Å². The minimum absolute atomic E-state index is 0.0123. The molecule has 12 nitrogen and oxygen atoms in total. The van der Waals surface area contributed by atoms with Crippen molar-refractivity contribution in [3.63, 3.8) is 0 Å². The summed E-state index contributed by atoms with van der Waals surface area (Å²) in [7, 11) is -2.88. The van der Waals surface area contributed by atoms with E-state index in [4.69, 9.17) is 27.8 Å². The van der Waals surface area contributed by atoms with E-state index in [2.05, 4.69) is 5.32 Å². The van der Waals surface area contributed by atoms with Crippen LogP contribution in [-0.4, -0.2) is 67.2 Å². The van der Waals surface area contributed by atoms with Gasteiger partial charge in [-0.15, -0.1) is 0 Å². The molecule has 1 aromatic carbocycles. The maximum Gasteiger partial charge on any atom is 0.405 e. The van der Waals surface area contributed by atoms with Crippen molar-refractivity contribution in [1.82, 2.24) is 10.2 Å². The van der Waals surface area contributed by atoms with Crippen LogP contribution >= 0.6 is 11.6 Å². The Morgan fingerprint density at radius 2 is 1.82 bits per heavy atom. The molecule has 1 aliphatic carbocycles. The van der Waals surface area contributed by atoms with Gasteiger partial charge >= 0.3 is 6.09 Å². The maximum absolute atomic E-state index is 14.1. The molecule has 2 fully saturated rings. The average Bonchev–Trinajstić information content (AvgIpc) is 3.40. The van der Waals surface area contributed by atoms with Gasteiger partial charge in [0.1, 0.15) is 0 Å². The van der Waals surface area contributed by atoms with Gasteiger partial charge in [-0.05, 0) is 69.2 Å². The van der Waals surface area contributed by atoms with E-state index in [0.29, 0.717) is 30.0 Å². The van der Waals surface area contributed by atoms with Gasteiger partial charge in [0.05, 0.1) is 5.69 Å². The van der Waals surface area contributed by atoms with Crippen molar-refractivity contribution in [3.8, 4) is 0 Å². The molecule has 0 aromatic heterocycles. The van der Waals surface area contributed by atoms with E-state index in [0.717, 1.165) is 15.6 Å². The molecular formula is C26H34ClN5O7S. The van der Waals surface area contributed by atoms with Crippen molar-refractivity contribution in [2.45, 2.75) is 67.9 Å². The number of allylic oxidation sites excluding steroid dienone is 1. The van der Waals surface area contributed by atoms with Crippen LogP contribution < -0.4 is 21.1 Å². The molecule has 0 radical (unpaired) electrons. The second-order valence-corrected chi connectivity index (χ2v) is 13.1. The second-order valence-electron chi connectivity index (χ2n) is 10.4. The van der Waals surface area contributed by atoms with E-state index < -0.39 is 56.3 Å². The fraction of sp³-hybridized carbons (Fsp3) is 0.538. The lowest BCUT2D eigenvalue weighted by molar-refractivity contribution is -0.157. The van der Waals surface area contributed by atoms with Gasteiger partial charge in [-0.25, -0.2) is 13.2 Å². The molecule has 2 aliphatic heterocycles. The van der Waals surface area contributed by atoms with Crippen molar-refractivity contribution in [2.75, 3.05) is 17.9 Å². The first kappa shape index (κ1) is 29.7. The number of anilines is 1. The lowest BCUT2D eigenvalue weighted by atomic mass is 9.92. The average molecular weight is 596 g/mol. The first-order chi connectivity index (χ1) is 18.9. The number of nitrogens with one attached hydrogen (secondary N) is 1. The molecule has 1 saturated carbocycles. The molecule has 1 saturated heterocycles. The summed E-state index contributed by atoms with van der Waals surface area (Å²) >= 11 is 5.97. The molecule has 4 rings (SSSR count). The minimum Gasteiger partial charge on any atom is -0.436 e. The zero-order valence-corrected chi connectivity index (χ0v) is 23.7. The number of sulfonamides is 1. The van der Waals surface area contributed by atoms with Crippen LogP contribution in [0.2, 0.25) is 5.02 Å². The number of fused-ring (bicyclic) bond motifs is 2. The Kier molecular flexibility index (Phi) is 8.36. The van der Waals surface area contributed by atoms with Gasteiger partial charge in [0.15, 0.2) is 11.0 Å². The summed E-state index contributed by atoms with van der Waals surface area (Å²) in [5, 5.41) is 3.06. The van der Waals surface area contributed by atoms with Crippen LogP contribution in [0.25, 0.3) is 0 Å². The Balaban J connectivity index is 1.76. The molecule has 0 bridgehead atoms. The zero-order valence-electron chi connectivity index (χ0n) is 22.2. The van der Waals surface area contributed by atoms with Crippen LogP contribution in [0.15, 0.2) is 36.4 Å². The van der Waals surface area contributed by atoms with Crippen LogP contribution in [0, 0.1) is 5.92 Å². The number of nitrogens with zero attached hydrogens (tertiary/aromatic N) is 2. The zero-order chi connectivity index (χ0) is 29.3. The molecule has 14 heteroatoms. The number of hydrogen-bond donors (Lipinski definition) is 3. The Bertz CT molecular complexity index is 1320. The third kappa shape index (κ3) is 5.24. The SMILES string of the molecule is CN(c1ccc(Cl)cc1)S(=O)(=O)C12CC1/C=C\CCCCCC(OC(N)=O)C(=O)N1CCCC1(C(N)=O)C(=O)N2. The monoisotopic (exact) mass is 595 g/mol. The number of rotatable bonds is 5.